The van der Waals surface area contributed by atoms with Crippen LogP contribution < -0.4 is 0 Å². The van der Waals surface area contributed by atoms with Crippen LogP contribution >= 0.6 is 0 Å². The molecule has 0 saturated carbocycles. The number of hydrogen-bond donors (Lipinski definition) is 0. The van der Waals surface area contributed by atoms with Crippen LogP contribution in [0.5, 0.6) is 0 Å². The molecular formula is C16H22OSi. The van der Waals surface area contributed by atoms with E-state index < -0.39 is 8.32 Å². The van der Waals surface area contributed by atoms with Crippen molar-refractivity contribution in [3.05, 3.63) is 42.0 Å². The fraction of sp³-hybridized carbons (Fsp3) is 0.375. The van der Waals surface area contributed by atoms with Crippen LogP contribution in [0.2, 0.25) is 19.6 Å². The Bertz CT molecular complexity index is 472. The smallest absolute Gasteiger partial charge is 0.242 e. The van der Waals surface area contributed by atoms with Crippen molar-refractivity contribution in [3.63, 3.8) is 0 Å². The van der Waals surface area contributed by atoms with Crippen LogP contribution in [0.25, 0.3) is 5.76 Å². The average Bonchev–Trinajstić information content (AvgIpc) is 2.27. The first-order chi connectivity index (χ1) is 8.44. The molecule has 0 aromatic heterocycles. The molecule has 1 aromatic carbocycles. The molecule has 0 N–H and O–H groups in total. The van der Waals surface area contributed by atoms with Gasteiger partial charge in [-0.15, -0.1) is 0 Å². The van der Waals surface area contributed by atoms with Gasteiger partial charge < -0.3 is 4.43 Å². The maximum atomic E-state index is 5.95. The summed E-state index contributed by atoms with van der Waals surface area (Å²) in [6, 6.07) is 8.05. The fourth-order valence-corrected chi connectivity index (χ4v) is 2.39. The number of unbranched alkanes of at least 4 members (excludes halogenated alkanes) is 1. The Balaban J connectivity index is 2.96. The highest BCUT2D eigenvalue weighted by molar-refractivity contribution is 6.70. The second-order valence-electron chi connectivity index (χ2n) is 5.23. The summed E-state index contributed by atoms with van der Waals surface area (Å²) < 4.78 is 5.95. The summed E-state index contributed by atoms with van der Waals surface area (Å²) in [5, 5.41) is 0. The van der Waals surface area contributed by atoms with Crippen molar-refractivity contribution in [2.45, 2.75) is 39.4 Å². The van der Waals surface area contributed by atoms with Crippen LogP contribution in [-0.2, 0) is 4.43 Å². The summed E-state index contributed by atoms with van der Waals surface area (Å²) in [5.41, 5.74) is 2.03. The monoisotopic (exact) mass is 258 g/mol. The van der Waals surface area contributed by atoms with E-state index in [0.717, 1.165) is 29.7 Å². The van der Waals surface area contributed by atoms with Crippen LogP contribution in [0.4, 0.5) is 0 Å². The zero-order valence-electron chi connectivity index (χ0n) is 11.8. The van der Waals surface area contributed by atoms with E-state index in [2.05, 4.69) is 45.0 Å². The third-order valence-corrected chi connectivity index (χ3v) is 3.11. The van der Waals surface area contributed by atoms with E-state index in [9.17, 15) is 0 Å². The van der Waals surface area contributed by atoms with E-state index in [4.69, 9.17) is 4.43 Å². The molecule has 0 spiro atoms. The molecule has 0 heterocycles. The van der Waals surface area contributed by atoms with E-state index in [0.29, 0.717) is 0 Å². The molecule has 0 bridgehead atoms. The predicted octanol–water partition coefficient (Wildman–Crippen LogP) is 4.66. The molecule has 96 valence electrons. The van der Waals surface area contributed by atoms with Crippen LogP contribution in [0.1, 0.15) is 30.9 Å². The lowest BCUT2D eigenvalue weighted by atomic mass is 10.1. The van der Waals surface area contributed by atoms with Gasteiger partial charge >= 0.3 is 0 Å². The van der Waals surface area contributed by atoms with Crippen molar-refractivity contribution in [2.75, 3.05) is 0 Å². The molecular weight excluding hydrogens is 236 g/mol. The fourth-order valence-electron chi connectivity index (χ4n) is 1.54. The molecule has 0 radical (unpaired) electrons. The van der Waals surface area contributed by atoms with Gasteiger partial charge in [-0.25, -0.2) is 0 Å². The summed E-state index contributed by atoms with van der Waals surface area (Å²) in [5.74, 6) is 7.13. The lowest BCUT2D eigenvalue weighted by Crippen LogP contribution is -2.24. The first-order valence-corrected chi connectivity index (χ1v) is 9.81. The Kier molecular flexibility index (Phi) is 5.24. The minimum Gasteiger partial charge on any atom is -0.544 e. The zero-order valence-corrected chi connectivity index (χ0v) is 12.8. The van der Waals surface area contributed by atoms with Crippen molar-refractivity contribution in [1.29, 1.82) is 0 Å². The van der Waals surface area contributed by atoms with Gasteiger partial charge in [-0.3, -0.25) is 0 Å². The minimum atomic E-state index is -1.61. The lowest BCUT2D eigenvalue weighted by molar-refractivity contribution is 0.516. The molecule has 0 amide bonds. The molecule has 0 saturated heterocycles. The van der Waals surface area contributed by atoms with Gasteiger partial charge in [0.25, 0.3) is 0 Å². The van der Waals surface area contributed by atoms with E-state index in [1.165, 1.54) is 0 Å². The predicted molar refractivity (Wildman–Crippen MR) is 81.7 cm³/mol. The van der Waals surface area contributed by atoms with Crippen molar-refractivity contribution in [1.82, 2.24) is 0 Å². The SMILES string of the molecule is C=C(O[Si](C)(C)C)c1ccccc1C#CCCC. The second-order valence-corrected chi connectivity index (χ2v) is 9.66. The molecule has 0 aliphatic rings. The van der Waals surface area contributed by atoms with Gasteiger partial charge in [0.1, 0.15) is 5.76 Å². The number of rotatable bonds is 4. The Morgan fingerprint density at radius 1 is 1.28 bits per heavy atom. The maximum absolute atomic E-state index is 5.95. The molecule has 0 fully saturated rings. The largest absolute Gasteiger partial charge is 0.544 e. The highest BCUT2D eigenvalue weighted by Crippen LogP contribution is 2.22. The van der Waals surface area contributed by atoms with Crippen molar-refractivity contribution in [2.24, 2.45) is 0 Å². The molecule has 1 rings (SSSR count). The van der Waals surface area contributed by atoms with Crippen molar-refractivity contribution >= 4 is 14.1 Å². The first-order valence-electron chi connectivity index (χ1n) is 6.40. The van der Waals surface area contributed by atoms with Crippen LogP contribution in [0, 0.1) is 11.8 Å². The van der Waals surface area contributed by atoms with Crippen molar-refractivity contribution in [3.8, 4) is 11.8 Å². The maximum Gasteiger partial charge on any atom is 0.242 e. The van der Waals surface area contributed by atoms with E-state index in [1.807, 2.05) is 24.3 Å². The van der Waals surface area contributed by atoms with E-state index in [-0.39, 0.29) is 0 Å². The van der Waals surface area contributed by atoms with Gasteiger partial charge in [0.15, 0.2) is 0 Å². The Hall–Kier alpha value is -1.46. The third-order valence-electron chi connectivity index (χ3n) is 2.25. The average molecular weight is 258 g/mol. The van der Waals surface area contributed by atoms with Gasteiger partial charge in [0.05, 0.1) is 0 Å². The molecule has 0 atom stereocenters. The Morgan fingerprint density at radius 2 is 1.94 bits per heavy atom. The summed E-state index contributed by atoms with van der Waals surface area (Å²) in [6.45, 7) is 12.6. The molecule has 1 nitrogen and oxygen atoms in total. The van der Waals surface area contributed by atoms with Gasteiger partial charge in [-0.1, -0.05) is 43.5 Å². The summed E-state index contributed by atoms with van der Waals surface area (Å²) >= 11 is 0. The van der Waals surface area contributed by atoms with Crippen LogP contribution in [-0.4, -0.2) is 8.32 Å². The van der Waals surface area contributed by atoms with Crippen LogP contribution in [0.15, 0.2) is 30.8 Å². The number of hydrogen-bond acceptors (Lipinski definition) is 1. The lowest BCUT2D eigenvalue weighted by Gasteiger charge is -2.21. The molecule has 0 aliphatic heterocycles. The van der Waals surface area contributed by atoms with E-state index in [1.54, 1.807) is 0 Å². The Labute approximate surface area is 112 Å². The molecule has 2 heteroatoms. The molecule has 18 heavy (non-hydrogen) atoms. The van der Waals surface area contributed by atoms with Gasteiger partial charge in [0.2, 0.25) is 8.32 Å². The number of benzene rings is 1. The topological polar surface area (TPSA) is 9.23 Å². The molecule has 1 aromatic rings. The normalized spacial score (nSPS) is 10.4. The zero-order chi connectivity index (χ0) is 13.6. The standard InChI is InChI=1S/C16H22OSi/c1-6-7-8-11-15-12-9-10-13-16(15)14(2)17-18(3,4)5/h9-10,12-13H,2,6-7H2,1,3-5H3. The summed E-state index contributed by atoms with van der Waals surface area (Å²) in [4.78, 5) is 0. The van der Waals surface area contributed by atoms with Gasteiger partial charge in [-0.2, -0.15) is 0 Å². The molecule has 0 aliphatic carbocycles. The van der Waals surface area contributed by atoms with E-state index >= 15 is 0 Å². The second kappa shape index (κ2) is 6.46. The van der Waals surface area contributed by atoms with Gasteiger partial charge in [0, 0.05) is 17.5 Å². The highest BCUT2D eigenvalue weighted by atomic mass is 28.4. The third kappa shape index (κ3) is 4.81. The Morgan fingerprint density at radius 3 is 2.56 bits per heavy atom. The minimum absolute atomic E-state index is 0.746. The summed E-state index contributed by atoms with van der Waals surface area (Å²) in [6.07, 6.45) is 2.01. The van der Waals surface area contributed by atoms with Gasteiger partial charge in [-0.05, 0) is 32.1 Å². The quantitative estimate of drug-likeness (QED) is 0.433. The van der Waals surface area contributed by atoms with Crippen LogP contribution in [0.3, 0.4) is 0 Å². The van der Waals surface area contributed by atoms with Crippen molar-refractivity contribution < 1.29 is 4.43 Å². The molecule has 0 unspecified atom stereocenters. The summed E-state index contributed by atoms with van der Waals surface area (Å²) in [7, 11) is -1.61. The first kappa shape index (κ1) is 14.6. The highest BCUT2D eigenvalue weighted by Gasteiger charge is 2.18.